The number of amides is 1. The second kappa shape index (κ2) is 11.4. The number of para-hydroxylation sites is 2. The summed E-state index contributed by atoms with van der Waals surface area (Å²) in [7, 11) is 0. The number of non-ortho nitro benzene ring substituents is 1. The highest BCUT2D eigenvalue weighted by Gasteiger charge is 2.41. The summed E-state index contributed by atoms with van der Waals surface area (Å²) in [4.78, 5) is 40.7. The summed E-state index contributed by atoms with van der Waals surface area (Å²) < 4.78 is 0. The van der Waals surface area contributed by atoms with Gasteiger partial charge >= 0.3 is 0 Å². The van der Waals surface area contributed by atoms with Crippen LogP contribution in [0.25, 0.3) is 0 Å². The minimum atomic E-state index is -0.624. The molecule has 0 aromatic heterocycles. The van der Waals surface area contributed by atoms with E-state index >= 15 is 0 Å². The third-order valence-electron chi connectivity index (χ3n) is 7.49. The summed E-state index contributed by atoms with van der Waals surface area (Å²) in [6.45, 7) is 2.10. The van der Waals surface area contributed by atoms with Crippen LogP contribution in [-0.4, -0.2) is 16.6 Å². The van der Waals surface area contributed by atoms with Crippen molar-refractivity contribution in [2.75, 3.05) is 10.2 Å². The number of nitrogens with one attached hydrogen (secondary N) is 1. The van der Waals surface area contributed by atoms with Gasteiger partial charge in [-0.25, -0.2) is 0 Å². The number of allylic oxidation sites excluding steroid dienone is 1. The summed E-state index contributed by atoms with van der Waals surface area (Å²) in [6.07, 6.45) is 3.77. The Morgan fingerprint density at radius 2 is 1.79 bits per heavy atom. The Bertz CT molecular complexity index is 1450. The number of nitrogens with zero attached hydrogens (tertiary/aromatic N) is 2. The molecule has 8 heteroatoms. The molecular weight excluding hydrogens is 514 g/mol. The van der Waals surface area contributed by atoms with Crippen LogP contribution in [0, 0.1) is 10.1 Å². The molecule has 0 spiro atoms. The smallest absolute Gasteiger partial charge is 0.269 e. The molecule has 5 rings (SSSR count). The molecule has 0 bridgehead atoms. The van der Waals surface area contributed by atoms with Crippen LogP contribution in [0.15, 0.2) is 84.1 Å². The number of benzene rings is 3. The van der Waals surface area contributed by atoms with E-state index in [-0.39, 0.29) is 29.7 Å². The van der Waals surface area contributed by atoms with Gasteiger partial charge in [0, 0.05) is 41.3 Å². The number of anilines is 2. The molecule has 1 amide bonds. The second-order valence-corrected chi connectivity index (χ2v) is 10.5. The molecule has 0 fully saturated rings. The maximum atomic E-state index is 14.0. The van der Waals surface area contributed by atoms with E-state index in [1.807, 2.05) is 42.5 Å². The lowest BCUT2D eigenvalue weighted by Gasteiger charge is -2.35. The first kappa shape index (κ1) is 26.6. The van der Waals surface area contributed by atoms with Crippen LogP contribution in [0.3, 0.4) is 0 Å². The normalized spacial score (nSPS) is 18.6. The molecule has 3 aromatic carbocycles. The molecule has 1 heterocycles. The highest BCUT2D eigenvalue weighted by molar-refractivity contribution is 6.30. The fourth-order valence-corrected chi connectivity index (χ4v) is 5.73. The van der Waals surface area contributed by atoms with Crippen LogP contribution < -0.4 is 10.2 Å². The monoisotopic (exact) mass is 543 g/mol. The van der Waals surface area contributed by atoms with Crippen LogP contribution in [-0.2, 0) is 9.59 Å². The third-order valence-corrected chi connectivity index (χ3v) is 7.74. The van der Waals surface area contributed by atoms with Crippen molar-refractivity contribution in [2.24, 2.45) is 0 Å². The first-order valence-electron chi connectivity index (χ1n) is 13.3. The average molecular weight is 544 g/mol. The lowest BCUT2D eigenvalue weighted by molar-refractivity contribution is -0.384. The molecular formula is C31H30ClN3O4. The molecule has 0 saturated carbocycles. The molecule has 0 unspecified atom stereocenters. The number of fused-ring (bicyclic) bond motifs is 1. The van der Waals surface area contributed by atoms with Crippen molar-refractivity contribution >= 4 is 40.4 Å². The van der Waals surface area contributed by atoms with Crippen LogP contribution in [0.1, 0.15) is 68.5 Å². The van der Waals surface area contributed by atoms with E-state index in [1.54, 1.807) is 29.2 Å². The van der Waals surface area contributed by atoms with Crippen molar-refractivity contribution in [1.82, 2.24) is 0 Å². The second-order valence-electron chi connectivity index (χ2n) is 10.1. The largest absolute Gasteiger partial charge is 0.357 e. The Morgan fingerprint density at radius 1 is 1.03 bits per heavy atom. The Morgan fingerprint density at radius 3 is 2.54 bits per heavy atom. The Kier molecular flexibility index (Phi) is 7.79. The van der Waals surface area contributed by atoms with E-state index in [4.69, 9.17) is 11.6 Å². The van der Waals surface area contributed by atoms with Gasteiger partial charge in [-0.05, 0) is 54.2 Å². The van der Waals surface area contributed by atoms with Gasteiger partial charge in [0.1, 0.15) is 0 Å². The first-order chi connectivity index (χ1) is 18.9. The van der Waals surface area contributed by atoms with Crippen molar-refractivity contribution in [3.05, 3.63) is 110 Å². The van der Waals surface area contributed by atoms with Crippen LogP contribution in [0.2, 0.25) is 5.02 Å². The first-order valence-corrected chi connectivity index (χ1v) is 13.7. The Labute approximate surface area is 232 Å². The minimum absolute atomic E-state index is 0.00166. The van der Waals surface area contributed by atoms with Crippen LogP contribution >= 0.6 is 11.6 Å². The molecule has 7 nitrogen and oxygen atoms in total. The summed E-state index contributed by atoms with van der Waals surface area (Å²) >= 11 is 6.22. The number of hydrogen-bond donors (Lipinski definition) is 1. The van der Waals surface area contributed by atoms with Gasteiger partial charge in [-0.1, -0.05) is 67.8 Å². The predicted molar refractivity (Wildman–Crippen MR) is 153 cm³/mol. The lowest BCUT2D eigenvalue weighted by Crippen LogP contribution is -2.38. The summed E-state index contributed by atoms with van der Waals surface area (Å²) in [6, 6.07) is 20.8. The Hall–Kier alpha value is -3.97. The number of rotatable bonds is 7. The quantitative estimate of drug-likeness (QED) is 0.187. The Balaban J connectivity index is 1.65. The molecule has 200 valence electrons. The van der Waals surface area contributed by atoms with Gasteiger partial charge in [0.05, 0.1) is 22.3 Å². The fourth-order valence-electron chi connectivity index (χ4n) is 5.60. The third kappa shape index (κ3) is 5.45. The molecule has 2 atom stereocenters. The minimum Gasteiger partial charge on any atom is -0.357 e. The van der Waals surface area contributed by atoms with Crippen molar-refractivity contribution in [2.45, 2.75) is 57.4 Å². The standard InChI is InChI=1S/C31H30ClN3O4/c1-2-3-4-12-29(37)34-27-11-6-5-10-25(27)33-26-18-22(21-8-7-9-24(17-21)35(38)39)19-28(36)30(26)31(34)20-13-15-23(32)16-14-20/h5-11,13-17,22,31,33H,2-4,12,18-19H2,1H3/t22-,31-/m0/s1. The molecule has 1 aliphatic carbocycles. The van der Waals surface area contributed by atoms with E-state index in [0.29, 0.717) is 29.1 Å². The highest BCUT2D eigenvalue weighted by atomic mass is 35.5. The number of carbonyl (C=O) groups excluding carboxylic acids is 2. The van der Waals surface area contributed by atoms with Gasteiger partial charge in [0.15, 0.2) is 5.78 Å². The maximum absolute atomic E-state index is 14.0. The van der Waals surface area contributed by atoms with Crippen LogP contribution in [0.5, 0.6) is 0 Å². The summed E-state index contributed by atoms with van der Waals surface area (Å²) in [5.74, 6) is -0.354. The van der Waals surface area contributed by atoms with Crippen molar-refractivity contribution < 1.29 is 14.5 Å². The average Bonchev–Trinajstić information content (AvgIpc) is 3.08. The molecule has 2 aliphatic rings. The number of nitro benzene ring substituents is 1. The number of halogens is 1. The SMILES string of the molecule is CCCCCC(=O)N1c2ccccc2NC2=C(C(=O)C[C@@H](c3cccc([N+](=O)[O-])c3)C2)[C@@H]1c1ccc(Cl)cc1. The van der Waals surface area contributed by atoms with Gasteiger partial charge in [0.25, 0.3) is 5.69 Å². The van der Waals surface area contributed by atoms with Crippen molar-refractivity contribution in [3.63, 3.8) is 0 Å². The fraction of sp³-hybridized carbons (Fsp3) is 0.290. The molecule has 0 saturated heterocycles. The zero-order chi connectivity index (χ0) is 27.5. The van der Waals surface area contributed by atoms with Gasteiger partial charge in [0.2, 0.25) is 5.91 Å². The van der Waals surface area contributed by atoms with Gasteiger partial charge < -0.3 is 5.32 Å². The molecule has 39 heavy (non-hydrogen) atoms. The number of nitro groups is 1. The zero-order valence-corrected chi connectivity index (χ0v) is 22.5. The molecule has 0 radical (unpaired) electrons. The molecule has 1 aliphatic heterocycles. The van der Waals surface area contributed by atoms with Gasteiger partial charge in [-0.15, -0.1) is 0 Å². The number of carbonyl (C=O) groups is 2. The number of Topliss-reactive ketones (excluding diaryl/α,β-unsaturated/α-hetero) is 1. The van der Waals surface area contributed by atoms with Gasteiger partial charge in [-0.3, -0.25) is 24.6 Å². The maximum Gasteiger partial charge on any atom is 0.269 e. The molecule has 1 N–H and O–H groups in total. The van der Waals surface area contributed by atoms with Crippen molar-refractivity contribution in [1.29, 1.82) is 0 Å². The van der Waals surface area contributed by atoms with Crippen LogP contribution in [0.4, 0.5) is 17.1 Å². The number of unbranched alkanes of at least 4 members (excludes halogenated alkanes) is 2. The van der Waals surface area contributed by atoms with Gasteiger partial charge in [-0.2, -0.15) is 0 Å². The van der Waals surface area contributed by atoms with E-state index < -0.39 is 11.0 Å². The number of hydrogen-bond acceptors (Lipinski definition) is 5. The topological polar surface area (TPSA) is 92.6 Å². The number of ketones is 1. The lowest BCUT2D eigenvalue weighted by atomic mass is 9.78. The van der Waals surface area contributed by atoms with E-state index in [0.717, 1.165) is 41.8 Å². The zero-order valence-electron chi connectivity index (χ0n) is 21.7. The van der Waals surface area contributed by atoms with Crippen molar-refractivity contribution in [3.8, 4) is 0 Å². The predicted octanol–water partition coefficient (Wildman–Crippen LogP) is 7.73. The molecule has 3 aromatic rings. The van der Waals surface area contributed by atoms with E-state index in [2.05, 4.69) is 12.2 Å². The summed E-state index contributed by atoms with van der Waals surface area (Å²) in [5, 5.41) is 15.5. The van der Waals surface area contributed by atoms with E-state index in [9.17, 15) is 19.7 Å². The summed E-state index contributed by atoms with van der Waals surface area (Å²) in [5.41, 5.74) is 4.31. The highest BCUT2D eigenvalue weighted by Crippen LogP contribution is 2.48. The van der Waals surface area contributed by atoms with E-state index in [1.165, 1.54) is 6.07 Å².